The highest BCUT2D eigenvalue weighted by Gasteiger charge is 2.34. The largest absolute Gasteiger partial charge is 0.346 e. The topological polar surface area (TPSA) is 97.0 Å². The molecular weight excluding hydrogens is 496 g/mol. The number of nitrogens with zero attached hydrogens (tertiary/aromatic N) is 7. The summed E-state index contributed by atoms with van der Waals surface area (Å²) in [5.74, 6) is 1.38. The summed E-state index contributed by atoms with van der Waals surface area (Å²) in [5.41, 5.74) is 1.46. The number of aromatic amines is 1. The van der Waals surface area contributed by atoms with Gasteiger partial charge in [-0.1, -0.05) is 29.8 Å². The van der Waals surface area contributed by atoms with Crippen molar-refractivity contribution < 1.29 is 0 Å². The Morgan fingerprint density at radius 2 is 2.00 bits per heavy atom. The van der Waals surface area contributed by atoms with Crippen LogP contribution in [-0.4, -0.2) is 40.9 Å². The summed E-state index contributed by atoms with van der Waals surface area (Å²) in [6.07, 6.45) is 4.97. The van der Waals surface area contributed by atoms with E-state index in [9.17, 15) is 4.79 Å². The summed E-state index contributed by atoms with van der Waals surface area (Å²) in [4.78, 5) is 24.6. The number of anilines is 1. The van der Waals surface area contributed by atoms with Crippen molar-refractivity contribution >= 4 is 49.9 Å². The standard InChI is InChI=1S/C21H16BrClN8O/c22-17-15-18(27-26-17)24-11-25-20(15)29-9-4-7-14(29)19-28-30-10-8-13(23)16(30)21(32)31(19)12-5-2-1-3-6-12/h1-3,5-6,8,10-11,14H,4,7,9H2,(H,24,25,26,27)/t14-/m0/s1. The lowest BCUT2D eigenvalue weighted by Crippen LogP contribution is -2.33. The molecule has 0 aliphatic carbocycles. The molecule has 5 heterocycles. The van der Waals surface area contributed by atoms with Gasteiger partial charge >= 0.3 is 0 Å². The van der Waals surface area contributed by atoms with E-state index >= 15 is 0 Å². The molecule has 1 aliphatic heterocycles. The molecule has 1 saturated heterocycles. The number of hydrogen-bond acceptors (Lipinski definition) is 6. The Morgan fingerprint density at radius 3 is 2.84 bits per heavy atom. The normalized spacial score (nSPS) is 16.4. The maximum atomic E-state index is 13.6. The van der Waals surface area contributed by atoms with Gasteiger partial charge in [0, 0.05) is 12.7 Å². The van der Waals surface area contributed by atoms with Crippen LogP contribution in [0.2, 0.25) is 5.02 Å². The molecule has 32 heavy (non-hydrogen) atoms. The third-order valence-electron chi connectivity index (χ3n) is 5.79. The molecule has 1 atom stereocenters. The summed E-state index contributed by atoms with van der Waals surface area (Å²) >= 11 is 9.85. The number of aromatic nitrogens is 7. The smallest absolute Gasteiger partial charge is 0.284 e. The third-order valence-corrected chi connectivity index (χ3v) is 6.67. The van der Waals surface area contributed by atoms with Crippen molar-refractivity contribution in [2.45, 2.75) is 18.9 Å². The van der Waals surface area contributed by atoms with Crippen LogP contribution in [0.4, 0.5) is 5.82 Å². The van der Waals surface area contributed by atoms with Gasteiger partial charge in [0.1, 0.15) is 22.3 Å². The maximum Gasteiger partial charge on any atom is 0.284 e. The summed E-state index contributed by atoms with van der Waals surface area (Å²) < 4.78 is 3.95. The van der Waals surface area contributed by atoms with Gasteiger partial charge in [-0.2, -0.15) is 10.2 Å². The molecule has 6 rings (SSSR count). The second-order valence-electron chi connectivity index (χ2n) is 7.58. The average molecular weight is 512 g/mol. The monoisotopic (exact) mass is 510 g/mol. The molecule has 160 valence electrons. The van der Waals surface area contributed by atoms with Crippen molar-refractivity contribution in [3.63, 3.8) is 0 Å². The zero-order chi connectivity index (χ0) is 21.8. The first-order valence-electron chi connectivity index (χ1n) is 10.1. The molecule has 5 aromatic rings. The lowest BCUT2D eigenvalue weighted by Gasteiger charge is -2.27. The Bertz CT molecular complexity index is 1530. The van der Waals surface area contributed by atoms with Crippen LogP contribution in [0.3, 0.4) is 0 Å². The quantitative estimate of drug-likeness (QED) is 0.394. The van der Waals surface area contributed by atoms with Crippen molar-refractivity contribution in [1.29, 1.82) is 0 Å². The molecule has 1 aromatic carbocycles. The van der Waals surface area contributed by atoms with Gasteiger partial charge in [0.25, 0.3) is 5.56 Å². The molecule has 1 N–H and O–H groups in total. The van der Waals surface area contributed by atoms with Gasteiger partial charge in [-0.05, 0) is 47.0 Å². The maximum absolute atomic E-state index is 13.6. The Labute approximate surface area is 194 Å². The molecule has 0 spiro atoms. The molecule has 0 bridgehead atoms. The number of H-pyrrole nitrogens is 1. The fourth-order valence-electron chi connectivity index (χ4n) is 4.40. The third kappa shape index (κ3) is 2.86. The number of halogens is 2. The van der Waals surface area contributed by atoms with Crippen LogP contribution in [-0.2, 0) is 0 Å². The minimum absolute atomic E-state index is 0.173. The lowest BCUT2D eigenvalue weighted by atomic mass is 10.2. The molecule has 0 saturated carbocycles. The SMILES string of the molecule is O=c1c2c(Cl)ccn2nc([C@@H]2CCCN2c2ncnc3n[nH]c(Br)c23)n1-c1ccccc1. The van der Waals surface area contributed by atoms with E-state index in [-0.39, 0.29) is 11.6 Å². The molecule has 0 radical (unpaired) electrons. The van der Waals surface area contributed by atoms with Gasteiger partial charge in [-0.25, -0.2) is 14.5 Å². The first-order chi connectivity index (χ1) is 15.6. The zero-order valence-electron chi connectivity index (χ0n) is 16.6. The van der Waals surface area contributed by atoms with Crippen molar-refractivity contribution in [1.82, 2.24) is 34.3 Å². The van der Waals surface area contributed by atoms with E-state index in [1.54, 1.807) is 21.3 Å². The van der Waals surface area contributed by atoms with Crippen LogP contribution in [0.5, 0.6) is 0 Å². The van der Waals surface area contributed by atoms with Gasteiger partial charge in [0.05, 0.1) is 22.1 Å². The van der Waals surface area contributed by atoms with Crippen molar-refractivity contribution in [2.75, 3.05) is 11.4 Å². The van der Waals surface area contributed by atoms with Gasteiger partial charge in [0.2, 0.25) is 0 Å². The highest BCUT2D eigenvalue weighted by Crippen LogP contribution is 2.39. The van der Waals surface area contributed by atoms with Gasteiger partial charge < -0.3 is 4.90 Å². The van der Waals surface area contributed by atoms with Crippen molar-refractivity contribution in [3.8, 4) is 5.69 Å². The number of rotatable bonds is 3. The fraction of sp³-hybridized carbons (Fsp3) is 0.190. The minimum atomic E-state index is -0.208. The zero-order valence-corrected chi connectivity index (χ0v) is 19.0. The number of benzene rings is 1. The van der Waals surface area contributed by atoms with E-state index in [2.05, 4.69) is 41.0 Å². The number of hydrogen-bond donors (Lipinski definition) is 1. The number of para-hydroxylation sites is 1. The van der Waals surface area contributed by atoms with Crippen LogP contribution in [0.25, 0.3) is 22.2 Å². The van der Waals surface area contributed by atoms with Gasteiger partial charge in [-0.3, -0.25) is 14.5 Å². The van der Waals surface area contributed by atoms with E-state index in [1.165, 1.54) is 6.33 Å². The van der Waals surface area contributed by atoms with Gasteiger partial charge in [-0.15, -0.1) is 0 Å². The molecule has 0 amide bonds. The van der Waals surface area contributed by atoms with Crippen molar-refractivity contribution in [2.24, 2.45) is 0 Å². The van der Waals surface area contributed by atoms with E-state index in [0.717, 1.165) is 40.9 Å². The van der Waals surface area contributed by atoms with Crippen LogP contribution < -0.4 is 10.5 Å². The van der Waals surface area contributed by atoms with Crippen LogP contribution in [0.1, 0.15) is 24.7 Å². The molecule has 9 nitrogen and oxygen atoms in total. The Morgan fingerprint density at radius 1 is 1.16 bits per heavy atom. The molecular formula is C21H16BrClN8O. The Kier molecular flexibility index (Phi) is 4.51. The molecule has 4 aromatic heterocycles. The predicted molar refractivity (Wildman–Crippen MR) is 125 cm³/mol. The van der Waals surface area contributed by atoms with Gasteiger partial charge in [0.15, 0.2) is 11.5 Å². The summed E-state index contributed by atoms with van der Waals surface area (Å²) in [7, 11) is 0. The molecule has 11 heteroatoms. The first kappa shape index (κ1) is 19.4. The number of nitrogens with one attached hydrogen (secondary N) is 1. The van der Waals surface area contributed by atoms with E-state index in [4.69, 9.17) is 16.7 Å². The Hall–Kier alpha value is -3.24. The Balaban J connectivity index is 1.60. The predicted octanol–water partition coefficient (Wildman–Crippen LogP) is 3.91. The second kappa shape index (κ2) is 7.42. The van der Waals surface area contributed by atoms with E-state index in [0.29, 0.717) is 22.0 Å². The summed E-state index contributed by atoms with van der Waals surface area (Å²) in [6.45, 7) is 0.767. The molecule has 1 aliphatic rings. The number of fused-ring (bicyclic) bond motifs is 2. The van der Waals surface area contributed by atoms with Crippen LogP contribution in [0, 0.1) is 0 Å². The second-order valence-corrected chi connectivity index (χ2v) is 8.78. The van der Waals surface area contributed by atoms with Crippen LogP contribution >= 0.6 is 27.5 Å². The first-order valence-corrected chi connectivity index (χ1v) is 11.3. The summed E-state index contributed by atoms with van der Waals surface area (Å²) in [5, 5.41) is 13.2. The summed E-state index contributed by atoms with van der Waals surface area (Å²) in [6, 6.07) is 11.0. The highest BCUT2D eigenvalue weighted by atomic mass is 79.9. The van der Waals surface area contributed by atoms with E-state index in [1.807, 2.05) is 30.3 Å². The van der Waals surface area contributed by atoms with Crippen molar-refractivity contribution in [3.05, 3.63) is 74.7 Å². The minimum Gasteiger partial charge on any atom is -0.346 e. The fourth-order valence-corrected chi connectivity index (χ4v) is 5.07. The van der Waals surface area contributed by atoms with Crippen LogP contribution in [0.15, 0.2) is 58.3 Å². The average Bonchev–Trinajstić information content (AvgIpc) is 3.53. The van der Waals surface area contributed by atoms with E-state index < -0.39 is 0 Å². The lowest BCUT2D eigenvalue weighted by molar-refractivity contribution is 0.602. The highest BCUT2D eigenvalue weighted by molar-refractivity contribution is 9.10. The molecule has 1 fully saturated rings. The molecule has 0 unspecified atom stereocenters.